The number of rotatable bonds is 6. The molecule has 1 atom stereocenters. The molecule has 0 radical (unpaired) electrons. The van der Waals surface area contributed by atoms with E-state index in [1.807, 2.05) is 12.1 Å². The lowest BCUT2D eigenvalue weighted by molar-refractivity contribution is 0.415. The Kier molecular flexibility index (Phi) is 6.59. The summed E-state index contributed by atoms with van der Waals surface area (Å²) < 4.78 is 5.16. The van der Waals surface area contributed by atoms with Crippen LogP contribution >= 0.6 is 23.2 Å². The van der Waals surface area contributed by atoms with E-state index in [2.05, 4.69) is 26.0 Å². The van der Waals surface area contributed by atoms with E-state index in [0.717, 1.165) is 19.3 Å². The van der Waals surface area contributed by atoms with Crippen molar-refractivity contribution in [3.63, 3.8) is 0 Å². The van der Waals surface area contributed by atoms with Crippen LogP contribution in [0.25, 0.3) is 0 Å². The molecule has 0 aromatic heterocycles. The monoisotopic (exact) mass is 286 g/mol. The van der Waals surface area contributed by atoms with Gasteiger partial charge in [-0.15, -0.1) is 0 Å². The van der Waals surface area contributed by atoms with Crippen LogP contribution in [0.15, 0.2) is 24.3 Å². The van der Waals surface area contributed by atoms with Gasteiger partial charge >= 0.3 is 0 Å². The lowest BCUT2D eigenvalue weighted by Gasteiger charge is -2.16. The average molecular weight is 287 g/mol. The highest BCUT2D eigenvalue weighted by atomic mass is 35.5. The van der Waals surface area contributed by atoms with Crippen LogP contribution in [0.3, 0.4) is 0 Å². The van der Waals surface area contributed by atoms with E-state index >= 15 is 0 Å². The zero-order valence-corrected chi connectivity index (χ0v) is 12.7. The van der Waals surface area contributed by atoms with Gasteiger partial charge in [-0.1, -0.05) is 49.2 Å². The molecule has 1 nitrogen and oxygen atoms in total. The van der Waals surface area contributed by atoms with Crippen molar-refractivity contribution in [2.75, 3.05) is 7.11 Å². The predicted molar refractivity (Wildman–Crippen MR) is 80.1 cm³/mol. The summed E-state index contributed by atoms with van der Waals surface area (Å²) in [4.78, 5) is 0. The van der Waals surface area contributed by atoms with Crippen LogP contribution < -0.4 is 4.74 Å². The fourth-order valence-electron chi connectivity index (χ4n) is 1.98. The maximum Gasteiger partial charge on any atom is 0.156 e. The van der Waals surface area contributed by atoms with Gasteiger partial charge in [0.2, 0.25) is 0 Å². The minimum absolute atomic E-state index is 0.453. The van der Waals surface area contributed by atoms with Crippen molar-refractivity contribution in [1.82, 2.24) is 0 Å². The quantitative estimate of drug-likeness (QED) is 0.596. The number of ether oxygens (including phenoxy) is 1. The molecular formula is C15H20Cl2O. The third-order valence-electron chi connectivity index (χ3n) is 3.01. The van der Waals surface area contributed by atoms with E-state index in [1.54, 1.807) is 7.11 Å². The highest BCUT2D eigenvalue weighted by Gasteiger charge is 2.14. The van der Waals surface area contributed by atoms with Crippen molar-refractivity contribution in [2.24, 2.45) is 0 Å². The summed E-state index contributed by atoms with van der Waals surface area (Å²) in [7, 11) is 1.58. The van der Waals surface area contributed by atoms with Gasteiger partial charge in [0.15, 0.2) is 5.75 Å². The molecule has 0 saturated heterocycles. The molecule has 1 unspecified atom stereocenters. The highest BCUT2D eigenvalue weighted by Crippen LogP contribution is 2.37. The lowest BCUT2D eigenvalue weighted by atomic mass is 9.93. The zero-order chi connectivity index (χ0) is 13.5. The first-order valence-electron chi connectivity index (χ1n) is 6.31. The summed E-state index contributed by atoms with van der Waals surface area (Å²) in [5.41, 5.74) is 1.18. The topological polar surface area (TPSA) is 9.23 Å². The third kappa shape index (κ3) is 3.93. The summed E-state index contributed by atoms with van der Waals surface area (Å²) in [6.07, 6.45) is 7.56. The van der Waals surface area contributed by atoms with E-state index in [-0.39, 0.29) is 0 Å². The van der Waals surface area contributed by atoms with Crippen LogP contribution in [0.2, 0.25) is 10.0 Å². The maximum absolute atomic E-state index is 6.17. The van der Waals surface area contributed by atoms with Crippen LogP contribution in [0.4, 0.5) is 0 Å². The van der Waals surface area contributed by atoms with Crippen molar-refractivity contribution < 1.29 is 4.74 Å². The minimum Gasteiger partial charge on any atom is -0.494 e. The Labute approximate surface area is 120 Å². The molecule has 0 aliphatic heterocycles. The number of hydrogen-bond donors (Lipinski definition) is 0. The third-order valence-corrected chi connectivity index (χ3v) is 3.57. The summed E-state index contributed by atoms with van der Waals surface area (Å²) in [6.45, 7) is 4.31. The van der Waals surface area contributed by atoms with E-state index in [1.165, 1.54) is 5.56 Å². The fourth-order valence-corrected chi connectivity index (χ4v) is 2.63. The normalized spacial score (nSPS) is 12.9. The van der Waals surface area contributed by atoms with Crippen molar-refractivity contribution in [3.8, 4) is 5.75 Å². The van der Waals surface area contributed by atoms with Crippen molar-refractivity contribution >= 4 is 23.2 Å². The van der Waals surface area contributed by atoms with Gasteiger partial charge in [-0.25, -0.2) is 0 Å². The summed E-state index contributed by atoms with van der Waals surface area (Å²) in [6, 6.07) is 3.92. The standard InChI is InChI=1S/C15H20Cl2O/c1-4-6-7-8-11(5-2)12-9-13(16)15(18-3)14(17)10-12/h6-7,9-11H,4-5,8H2,1-3H3/b7-6-. The van der Waals surface area contributed by atoms with Crippen LogP contribution in [-0.2, 0) is 0 Å². The number of benzene rings is 1. The Hall–Kier alpha value is -0.660. The number of methoxy groups -OCH3 is 1. The molecule has 0 bridgehead atoms. The second-order valence-electron chi connectivity index (χ2n) is 4.24. The molecule has 0 spiro atoms. The first-order chi connectivity index (χ1) is 8.63. The van der Waals surface area contributed by atoms with Crippen LogP contribution in [0, 0.1) is 0 Å². The molecule has 1 rings (SSSR count). The van der Waals surface area contributed by atoms with Gasteiger partial charge in [-0.3, -0.25) is 0 Å². The van der Waals surface area contributed by atoms with Crippen LogP contribution in [0.5, 0.6) is 5.75 Å². The largest absolute Gasteiger partial charge is 0.494 e. The van der Waals surface area contributed by atoms with E-state index in [9.17, 15) is 0 Å². The van der Waals surface area contributed by atoms with Crippen LogP contribution in [0.1, 0.15) is 44.6 Å². The smallest absolute Gasteiger partial charge is 0.156 e. The average Bonchev–Trinajstić information content (AvgIpc) is 2.34. The Bertz CT molecular complexity index is 390. The molecular weight excluding hydrogens is 267 g/mol. The zero-order valence-electron chi connectivity index (χ0n) is 11.2. The fraction of sp³-hybridized carbons (Fsp3) is 0.467. The number of hydrogen-bond acceptors (Lipinski definition) is 1. The van der Waals surface area contributed by atoms with Gasteiger partial charge < -0.3 is 4.74 Å². The Morgan fingerprint density at radius 3 is 2.22 bits per heavy atom. The second-order valence-corrected chi connectivity index (χ2v) is 5.05. The Balaban J connectivity index is 2.96. The molecule has 1 aromatic carbocycles. The van der Waals surface area contributed by atoms with Crippen LogP contribution in [-0.4, -0.2) is 7.11 Å². The second kappa shape index (κ2) is 7.70. The van der Waals surface area contributed by atoms with E-state index < -0.39 is 0 Å². The van der Waals surface area contributed by atoms with Gasteiger partial charge in [0.1, 0.15) is 0 Å². The maximum atomic E-state index is 6.17. The van der Waals surface area contributed by atoms with Gasteiger partial charge in [-0.05, 0) is 42.9 Å². The van der Waals surface area contributed by atoms with E-state index in [4.69, 9.17) is 27.9 Å². The molecule has 0 fully saturated rings. The Morgan fingerprint density at radius 2 is 1.78 bits per heavy atom. The van der Waals surface area contributed by atoms with Gasteiger partial charge in [0.25, 0.3) is 0 Å². The Morgan fingerprint density at radius 1 is 1.17 bits per heavy atom. The summed E-state index contributed by atoms with van der Waals surface area (Å²) in [5.74, 6) is 1.01. The SMILES string of the molecule is CC/C=C\CC(CC)c1cc(Cl)c(OC)c(Cl)c1. The summed E-state index contributed by atoms with van der Waals surface area (Å²) in [5, 5.41) is 1.16. The van der Waals surface area contributed by atoms with Crippen molar-refractivity contribution in [3.05, 3.63) is 39.9 Å². The van der Waals surface area contributed by atoms with Crippen molar-refractivity contribution in [1.29, 1.82) is 0 Å². The molecule has 3 heteroatoms. The molecule has 0 aliphatic carbocycles. The van der Waals surface area contributed by atoms with Gasteiger partial charge in [0.05, 0.1) is 17.2 Å². The molecule has 1 aromatic rings. The minimum atomic E-state index is 0.453. The first-order valence-corrected chi connectivity index (χ1v) is 7.07. The molecule has 0 saturated carbocycles. The number of allylic oxidation sites excluding steroid dienone is 2. The molecule has 0 aliphatic rings. The molecule has 18 heavy (non-hydrogen) atoms. The van der Waals surface area contributed by atoms with Gasteiger partial charge in [-0.2, -0.15) is 0 Å². The highest BCUT2D eigenvalue weighted by molar-refractivity contribution is 6.37. The molecule has 100 valence electrons. The predicted octanol–water partition coefficient (Wildman–Crippen LogP) is 5.85. The molecule has 0 amide bonds. The molecule has 0 N–H and O–H groups in total. The van der Waals surface area contributed by atoms with Crippen molar-refractivity contribution in [2.45, 2.75) is 39.0 Å². The summed E-state index contributed by atoms with van der Waals surface area (Å²) >= 11 is 12.3. The number of halogens is 2. The van der Waals surface area contributed by atoms with Gasteiger partial charge in [0, 0.05) is 0 Å². The molecule has 0 heterocycles. The lowest BCUT2D eigenvalue weighted by Crippen LogP contribution is -1.97. The first kappa shape index (κ1) is 15.4. The van der Waals surface area contributed by atoms with E-state index in [0.29, 0.717) is 21.7 Å².